The maximum atomic E-state index is 14.3. The highest BCUT2D eigenvalue weighted by Gasteiger charge is 2.35. The summed E-state index contributed by atoms with van der Waals surface area (Å²) in [6.07, 6.45) is 1.78. The van der Waals surface area contributed by atoms with E-state index >= 15 is 0 Å². The molecule has 0 amide bonds. The Bertz CT molecular complexity index is 2200. The average Bonchev–Trinajstić information content (AvgIpc) is 3.41. The van der Waals surface area contributed by atoms with Gasteiger partial charge in [0.05, 0.1) is 47.1 Å². The number of rotatable bonds is 10. The molecule has 4 aromatic carbocycles. The van der Waals surface area contributed by atoms with Crippen molar-refractivity contribution < 1.29 is 28.1 Å². The largest absolute Gasteiger partial charge is 0.493 e. The van der Waals surface area contributed by atoms with Gasteiger partial charge in [0.25, 0.3) is 5.56 Å². The minimum atomic E-state index is -0.869. The molecule has 0 radical (unpaired) electrons. The van der Waals surface area contributed by atoms with Crippen molar-refractivity contribution in [3.63, 3.8) is 0 Å². The number of aromatic nitrogens is 1. The van der Waals surface area contributed by atoms with Crippen LogP contribution in [0.15, 0.2) is 111 Å². The van der Waals surface area contributed by atoms with Gasteiger partial charge < -0.3 is 18.9 Å². The first-order valence-corrected chi connectivity index (χ1v) is 16.6. The Morgan fingerprint density at radius 3 is 2.38 bits per heavy atom. The van der Waals surface area contributed by atoms with Crippen LogP contribution in [0.1, 0.15) is 35.2 Å². The number of carbonyl (C=O) groups is 1. The van der Waals surface area contributed by atoms with Crippen LogP contribution < -0.4 is 29.1 Å². The fourth-order valence-electron chi connectivity index (χ4n) is 5.40. The topological polar surface area (TPSA) is 88.4 Å². The van der Waals surface area contributed by atoms with Gasteiger partial charge in [-0.3, -0.25) is 9.36 Å². The molecule has 1 aromatic heterocycles. The number of hydrogen-bond donors (Lipinski definition) is 0. The van der Waals surface area contributed by atoms with E-state index in [4.69, 9.17) is 23.9 Å². The van der Waals surface area contributed by atoms with Crippen LogP contribution in [0.5, 0.6) is 17.2 Å². The molecule has 0 aliphatic carbocycles. The molecule has 1 aliphatic rings. The van der Waals surface area contributed by atoms with E-state index in [1.807, 2.05) is 42.5 Å². The third kappa shape index (κ3) is 6.69. The van der Waals surface area contributed by atoms with Crippen LogP contribution in [-0.2, 0) is 16.1 Å². The van der Waals surface area contributed by atoms with Gasteiger partial charge >= 0.3 is 5.97 Å². The lowest BCUT2D eigenvalue weighted by Gasteiger charge is -2.26. The standard InChI is InChI=1S/C37H30BrFN2O6S/c1-4-46-36(43)32-33(24-8-6-5-7-9-24)40-37-41(34(32)25-13-17-29(44-2)30(20-25)45-3)35(42)31(48-37)19-23-12-16-28(27(38)18-23)47-21-22-10-14-26(39)15-11-22/h5-20,34H,4,21H2,1-3H3/b31-19-/t34-/m0/s1. The number of fused-ring (bicyclic) bond motifs is 1. The van der Waals surface area contributed by atoms with E-state index in [1.54, 1.807) is 56.5 Å². The van der Waals surface area contributed by atoms with Crippen LogP contribution in [0, 0.1) is 5.82 Å². The second-order valence-electron chi connectivity index (χ2n) is 10.7. The molecule has 0 N–H and O–H groups in total. The van der Waals surface area contributed by atoms with Crippen molar-refractivity contribution in [2.75, 3.05) is 20.8 Å². The monoisotopic (exact) mass is 728 g/mol. The zero-order valence-corrected chi connectivity index (χ0v) is 28.6. The zero-order chi connectivity index (χ0) is 33.8. The van der Waals surface area contributed by atoms with Crippen LogP contribution in [0.4, 0.5) is 4.39 Å². The summed E-state index contributed by atoms with van der Waals surface area (Å²) >= 11 is 4.80. The Morgan fingerprint density at radius 1 is 0.958 bits per heavy atom. The lowest BCUT2D eigenvalue weighted by atomic mass is 9.93. The molecule has 0 bridgehead atoms. The quantitative estimate of drug-likeness (QED) is 0.154. The van der Waals surface area contributed by atoms with Crippen molar-refractivity contribution in [1.29, 1.82) is 0 Å². The van der Waals surface area contributed by atoms with Crippen LogP contribution >= 0.6 is 27.3 Å². The van der Waals surface area contributed by atoms with Gasteiger partial charge in [0.1, 0.15) is 18.2 Å². The molecular formula is C37H30BrFN2O6S. The van der Waals surface area contributed by atoms with Crippen molar-refractivity contribution in [3.8, 4) is 17.2 Å². The maximum Gasteiger partial charge on any atom is 0.338 e. The third-order valence-corrected chi connectivity index (χ3v) is 9.26. The van der Waals surface area contributed by atoms with Crippen LogP contribution in [0.3, 0.4) is 0 Å². The van der Waals surface area contributed by atoms with Crippen LogP contribution in [0.25, 0.3) is 11.8 Å². The predicted molar refractivity (Wildman–Crippen MR) is 185 cm³/mol. The lowest BCUT2D eigenvalue weighted by Crippen LogP contribution is -2.40. The lowest BCUT2D eigenvalue weighted by molar-refractivity contribution is -0.138. The molecule has 0 fully saturated rings. The number of carbonyl (C=O) groups excluding carboxylic acids is 1. The minimum Gasteiger partial charge on any atom is -0.493 e. The molecule has 0 saturated carbocycles. The van der Waals surface area contributed by atoms with Crippen LogP contribution in [-0.4, -0.2) is 31.4 Å². The number of benzene rings is 4. The number of esters is 1. The molecule has 2 heterocycles. The van der Waals surface area contributed by atoms with Gasteiger partial charge in [-0.15, -0.1) is 0 Å². The summed E-state index contributed by atoms with van der Waals surface area (Å²) in [5.41, 5.74) is 3.25. The van der Waals surface area contributed by atoms with E-state index in [0.29, 0.717) is 47.9 Å². The second kappa shape index (κ2) is 14.4. The first-order chi connectivity index (χ1) is 23.3. The van der Waals surface area contributed by atoms with Crippen molar-refractivity contribution in [2.45, 2.75) is 19.6 Å². The number of nitrogens with zero attached hydrogens (tertiary/aromatic N) is 2. The van der Waals surface area contributed by atoms with Gasteiger partial charge in [0.15, 0.2) is 16.3 Å². The number of thiazole rings is 1. The van der Waals surface area contributed by atoms with Gasteiger partial charge in [0, 0.05) is 5.56 Å². The third-order valence-electron chi connectivity index (χ3n) is 7.66. The molecule has 0 spiro atoms. The molecule has 0 unspecified atom stereocenters. The van der Waals surface area contributed by atoms with Crippen LogP contribution in [0.2, 0.25) is 0 Å². The molecule has 1 atom stereocenters. The fraction of sp³-hybridized carbons (Fsp3) is 0.162. The summed E-state index contributed by atoms with van der Waals surface area (Å²) in [6, 6.07) is 25.4. The number of hydrogen-bond acceptors (Lipinski definition) is 8. The molecule has 11 heteroatoms. The first kappa shape index (κ1) is 32.9. The average molecular weight is 730 g/mol. The molecule has 244 valence electrons. The molecule has 48 heavy (non-hydrogen) atoms. The predicted octanol–water partition coefficient (Wildman–Crippen LogP) is 6.43. The Hall–Kier alpha value is -5.00. The Labute approximate surface area is 288 Å². The molecule has 1 aliphatic heterocycles. The summed E-state index contributed by atoms with van der Waals surface area (Å²) in [7, 11) is 3.07. The maximum absolute atomic E-state index is 14.3. The van der Waals surface area contributed by atoms with Crippen molar-refractivity contribution in [3.05, 3.63) is 149 Å². The summed E-state index contributed by atoms with van der Waals surface area (Å²) < 4.78 is 38.5. The Kier molecular flexibility index (Phi) is 9.88. The number of halogens is 2. The number of ether oxygens (including phenoxy) is 4. The molecule has 6 rings (SSSR count). The van der Waals surface area contributed by atoms with Gasteiger partial charge in [-0.25, -0.2) is 14.2 Å². The highest BCUT2D eigenvalue weighted by Crippen LogP contribution is 2.38. The summed E-state index contributed by atoms with van der Waals surface area (Å²) in [5.74, 6) is 0.671. The molecule has 0 saturated heterocycles. The van der Waals surface area contributed by atoms with Gasteiger partial charge in [-0.1, -0.05) is 65.9 Å². The van der Waals surface area contributed by atoms with Gasteiger partial charge in [0.2, 0.25) is 0 Å². The normalized spacial score (nSPS) is 14.3. The van der Waals surface area contributed by atoms with Crippen molar-refractivity contribution in [2.24, 2.45) is 4.99 Å². The first-order valence-electron chi connectivity index (χ1n) is 15.0. The molecule has 8 nitrogen and oxygen atoms in total. The highest BCUT2D eigenvalue weighted by atomic mass is 79.9. The SMILES string of the molecule is CCOC(=O)C1=C(c2ccccc2)N=c2s/c(=C\c3ccc(OCc4ccc(F)cc4)c(Br)c3)c(=O)n2[C@H]1c1ccc(OC)c(OC)c1. The van der Waals surface area contributed by atoms with Crippen molar-refractivity contribution >= 4 is 45.0 Å². The molecule has 5 aromatic rings. The zero-order valence-electron chi connectivity index (χ0n) is 26.2. The minimum absolute atomic E-state index is 0.145. The highest BCUT2D eigenvalue weighted by molar-refractivity contribution is 9.10. The van der Waals surface area contributed by atoms with E-state index in [0.717, 1.165) is 11.1 Å². The van der Waals surface area contributed by atoms with E-state index in [2.05, 4.69) is 15.9 Å². The Balaban J connectivity index is 1.48. The summed E-state index contributed by atoms with van der Waals surface area (Å²) in [6.45, 7) is 2.14. The van der Waals surface area contributed by atoms with Gasteiger partial charge in [-0.05, 0) is 82.0 Å². The number of methoxy groups -OCH3 is 2. The van der Waals surface area contributed by atoms with E-state index in [-0.39, 0.29) is 30.2 Å². The second-order valence-corrected chi connectivity index (χ2v) is 12.5. The van der Waals surface area contributed by atoms with E-state index in [1.165, 1.54) is 35.1 Å². The van der Waals surface area contributed by atoms with E-state index in [9.17, 15) is 14.0 Å². The Morgan fingerprint density at radius 2 is 1.69 bits per heavy atom. The summed E-state index contributed by atoms with van der Waals surface area (Å²) in [5, 5.41) is 0. The van der Waals surface area contributed by atoms with Gasteiger partial charge in [-0.2, -0.15) is 0 Å². The summed E-state index contributed by atoms with van der Waals surface area (Å²) in [4.78, 5) is 33.3. The molecular weight excluding hydrogens is 699 g/mol. The fourth-order valence-corrected chi connectivity index (χ4v) is 6.91. The van der Waals surface area contributed by atoms with Crippen molar-refractivity contribution in [1.82, 2.24) is 4.57 Å². The smallest absolute Gasteiger partial charge is 0.338 e. The van der Waals surface area contributed by atoms with E-state index < -0.39 is 12.0 Å².